The summed E-state index contributed by atoms with van der Waals surface area (Å²) in [5.74, 6) is -0.791. The second-order valence-electron chi connectivity index (χ2n) is 3.70. The number of nitrogens with two attached hydrogens (primary N) is 1. The summed E-state index contributed by atoms with van der Waals surface area (Å²) >= 11 is 0. The average molecular weight is 251 g/mol. The lowest BCUT2D eigenvalue weighted by Gasteiger charge is -2.13. The molecule has 1 aromatic carbocycles. The first-order chi connectivity index (χ1) is 8.67. The molecule has 0 aliphatic heterocycles. The maximum absolute atomic E-state index is 11.5. The van der Waals surface area contributed by atoms with E-state index < -0.39 is 12.1 Å². The van der Waals surface area contributed by atoms with Gasteiger partial charge in [-0.2, -0.15) is 0 Å². The van der Waals surface area contributed by atoms with Gasteiger partial charge in [0, 0.05) is 5.92 Å². The molecule has 0 heterocycles. The molecule has 0 aliphatic rings. The van der Waals surface area contributed by atoms with Crippen LogP contribution in [0.4, 0.5) is 4.79 Å². The molecule has 0 spiro atoms. The molecular weight excluding hydrogens is 234 g/mol. The first-order valence-corrected chi connectivity index (χ1v) is 5.79. The quantitative estimate of drug-likeness (QED) is 0.638. The predicted molar refractivity (Wildman–Crippen MR) is 66.0 cm³/mol. The Morgan fingerprint density at radius 3 is 2.50 bits per heavy atom. The van der Waals surface area contributed by atoms with Crippen molar-refractivity contribution in [3.8, 4) is 0 Å². The van der Waals surface area contributed by atoms with Gasteiger partial charge >= 0.3 is 12.1 Å². The number of benzene rings is 1. The van der Waals surface area contributed by atoms with Crippen LogP contribution in [0.2, 0.25) is 0 Å². The summed E-state index contributed by atoms with van der Waals surface area (Å²) in [5, 5.41) is 0. The lowest BCUT2D eigenvalue weighted by Crippen LogP contribution is -2.20. The minimum atomic E-state index is -0.966. The zero-order valence-electron chi connectivity index (χ0n) is 10.3. The van der Waals surface area contributed by atoms with E-state index in [2.05, 4.69) is 9.47 Å². The van der Waals surface area contributed by atoms with Crippen molar-refractivity contribution in [3.63, 3.8) is 0 Å². The molecule has 2 N–H and O–H groups in total. The first kappa shape index (κ1) is 14.2. The molecule has 0 aromatic heterocycles. The van der Waals surface area contributed by atoms with Crippen molar-refractivity contribution in [1.29, 1.82) is 0 Å². The normalized spacial score (nSPS) is 11.7. The smallest absolute Gasteiger partial charge is 0.434 e. The second-order valence-corrected chi connectivity index (χ2v) is 3.70. The van der Waals surface area contributed by atoms with E-state index in [-0.39, 0.29) is 18.9 Å². The molecule has 98 valence electrons. The van der Waals surface area contributed by atoms with E-state index >= 15 is 0 Å². The van der Waals surface area contributed by atoms with Crippen LogP contribution >= 0.6 is 0 Å². The van der Waals surface area contributed by atoms with Crippen LogP contribution in [-0.4, -0.2) is 25.3 Å². The topological polar surface area (TPSA) is 78.6 Å². The number of rotatable bonds is 5. The van der Waals surface area contributed by atoms with Gasteiger partial charge in [0.15, 0.2) is 0 Å². The van der Waals surface area contributed by atoms with Gasteiger partial charge in [-0.25, -0.2) is 4.79 Å². The fourth-order valence-corrected chi connectivity index (χ4v) is 1.55. The van der Waals surface area contributed by atoms with Crippen molar-refractivity contribution >= 4 is 12.1 Å². The third-order valence-electron chi connectivity index (χ3n) is 2.43. The van der Waals surface area contributed by atoms with E-state index in [0.717, 1.165) is 5.56 Å². The Balaban J connectivity index is 2.54. The third-order valence-corrected chi connectivity index (χ3v) is 2.43. The van der Waals surface area contributed by atoms with Crippen molar-refractivity contribution in [2.75, 3.05) is 13.2 Å². The lowest BCUT2D eigenvalue weighted by molar-refractivity contribution is -0.140. The zero-order valence-corrected chi connectivity index (χ0v) is 10.3. The number of hydrogen-bond donors (Lipinski definition) is 1. The molecule has 18 heavy (non-hydrogen) atoms. The zero-order chi connectivity index (χ0) is 13.4. The van der Waals surface area contributed by atoms with Crippen LogP contribution in [0.1, 0.15) is 24.8 Å². The molecule has 1 unspecified atom stereocenters. The van der Waals surface area contributed by atoms with Gasteiger partial charge in [0.1, 0.15) is 0 Å². The highest BCUT2D eigenvalue weighted by molar-refractivity contribution is 5.82. The summed E-state index contributed by atoms with van der Waals surface area (Å²) in [5.41, 5.74) is 6.56. The van der Waals surface area contributed by atoms with E-state index in [1.807, 2.05) is 30.3 Å². The number of esters is 1. The fourth-order valence-electron chi connectivity index (χ4n) is 1.55. The second kappa shape index (κ2) is 7.45. The number of carbonyl (C=O) groups is 2. The maximum atomic E-state index is 11.5. The first-order valence-electron chi connectivity index (χ1n) is 5.79. The number of carbonyl (C=O) groups excluding carboxylic acids is 2. The summed E-state index contributed by atoms with van der Waals surface area (Å²) in [6.07, 6.45) is -0.911. The molecule has 0 saturated heterocycles. The van der Waals surface area contributed by atoms with Gasteiger partial charge < -0.3 is 15.2 Å². The Hall–Kier alpha value is -1.88. The Morgan fingerprint density at radius 2 is 1.94 bits per heavy atom. The molecule has 0 saturated carbocycles. The third kappa shape index (κ3) is 4.55. The van der Waals surface area contributed by atoms with E-state index in [1.54, 1.807) is 6.92 Å². The molecule has 5 heteroatoms. The SMILES string of the molecule is CCOC(=O)OC(=O)CC(CN)c1ccccc1. The molecule has 0 aliphatic carbocycles. The minimum Gasteiger partial charge on any atom is -0.434 e. The van der Waals surface area contributed by atoms with Gasteiger partial charge in [-0.3, -0.25) is 4.79 Å². The van der Waals surface area contributed by atoms with Crippen LogP contribution in [0.5, 0.6) is 0 Å². The highest BCUT2D eigenvalue weighted by Gasteiger charge is 2.18. The fraction of sp³-hybridized carbons (Fsp3) is 0.385. The van der Waals surface area contributed by atoms with Gasteiger partial charge in [0.05, 0.1) is 13.0 Å². The molecular formula is C13H17NO4. The van der Waals surface area contributed by atoms with Crippen LogP contribution < -0.4 is 5.73 Å². The van der Waals surface area contributed by atoms with Crippen LogP contribution in [0.15, 0.2) is 30.3 Å². The van der Waals surface area contributed by atoms with E-state index in [1.165, 1.54) is 0 Å². The molecule has 1 atom stereocenters. The van der Waals surface area contributed by atoms with Crippen LogP contribution in [0, 0.1) is 0 Å². The van der Waals surface area contributed by atoms with Crippen molar-refractivity contribution in [3.05, 3.63) is 35.9 Å². The Morgan fingerprint density at radius 1 is 1.28 bits per heavy atom. The summed E-state index contributed by atoms with van der Waals surface area (Å²) in [7, 11) is 0. The van der Waals surface area contributed by atoms with E-state index in [9.17, 15) is 9.59 Å². The standard InChI is InChI=1S/C13H17NO4/c1-2-17-13(16)18-12(15)8-11(9-14)10-6-4-3-5-7-10/h3-7,11H,2,8-9,14H2,1H3. The minimum absolute atomic E-state index is 0.0549. The molecule has 0 radical (unpaired) electrons. The lowest BCUT2D eigenvalue weighted by atomic mass is 9.96. The largest absolute Gasteiger partial charge is 0.516 e. The van der Waals surface area contributed by atoms with E-state index in [4.69, 9.17) is 5.73 Å². The van der Waals surface area contributed by atoms with Crippen molar-refractivity contribution in [2.45, 2.75) is 19.3 Å². The Labute approximate surface area is 106 Å². The molecule has 0 fully saturated rings. The van der Waals surface area contributed by atoms with Crippen molar-refractivity contribution in [2.24, 2.45) is 5.73 Å². The maximum Gasteiger partial charge on any atom is 0.516 e. The van der Waals surface area contributed by atoms with Crippen LogP contribution in [-0.2, 0) is 14.3 Å². The van der Waals surface area contributed by atoms with Crippen LogP contribution in [0.3, 0.4) is 0 Å². The molecule has 5 nitrogen and oxygen atoms in total. The van der Waals surface area contributed by atoms with E-state index in [0.29, 0.717) is 6.54 Å². The van der Waals surface area contributed by atoms with Gasteiger partial charge in [-0.15, -0.1) is 0 Å². The highest BCUT2D eigenvalue weighted by Crippen LogP contribution is 2.18. The Kier molecular flexibility index (Phi) is 5.87. The number of hydrogen-bond acceptors (Lipinski definition) is 5. The predicted octanol–water partition coefficient (Wildman–Crippen LogP) is 1.82. The van der Waals surface area contributed by atoms with Gasteiger partial charge in [-0.1, -0.05) is 30.3 Å². The van der Waals surface area contributed by atoms with Crippen LogP contribution in [0.25, 0.3) is 0 Å². The van der Waals surface area contributed by atoms with Crippen molar-refractivity contribution in [1.82, 2.24) is 0 Å². The molecule has 1 rings (SSSR count). The molecule has 0 bridgehead atoms. The van der Waals surface area contributed by atoms with Gasteiger partial charge in [0.2, 0.25) is 0 Å². The highest BCUT2D eigenvalue weighted by atomic mass is 16.7. The number of ether oxygens (including phenoxy) is 2. The summed E-state index contributed by atoms with van der Waals surface area (Å²) in [6, 6.07) is 9.39. The summed E-state index contributed by atoms with van der Waals surface area (Å²) in [6.45, 7) is 2.12. The van der Waals surface area contributed by atoms with Gasteiger partial charge in [0.25, 0.3) is 0 Å². The van der Waals surface area contributed by atoms with Gasteiger partial charge in [-0.05, 0) is 19.0 Å². The Bertz CT molecular complexity index is 391. The van der Waals surface area contributed by atoms with Crippen molar-refractivity contribution < 1.29 is 19.1 Å². The average Bonchev–Trinajstić information content (AvgIpc) is 2.37. The summed E-state index contributed by atoms with van der Waals surface area (Å²) < 4.78 is 9.01. The molecule has 0 amide bonds. The molecule has 1 aromatic rings. The summed E-state index contributed by atoms with van der Waals surface area (Å²) in [4.78, 5) is 22.5. The monoisotopic (exact) mass is 251 g/mol.